The molecule has 0 fully saturated rings. The van der Waals surface area contributed by atoms with Crippen molar-refractivity contribution in [2.24, 2.45) is 10.2 Å². The fourth-order valence-electron chi connectivity index (χ4n) is 3.40. The smallest absolute Gasteiger partial charge is 0.282 e. The molecule has 0 unspecified atom stereocenters. The summed E-state index contributed by atoms with van der Waals surface area (Å²) in [6, 6.07) is 18.7. The van der Waals surface area contributed by atoms with Crippen molar-refractivity contribution >= 4 is 17.6 Å². The predicted molar refractivity (Wildman–Crippen MR) is 111 cm³/mol. The maximum atomic E-state index is 11.4. The number of nitro groups is 1. The van der Waals surface area contributed by atoms with Crippen LogP contribution in [-0.2, 0) is 0 Å². The third kappa shape index (κ3) is 3.23. The number of methoxy groups -OCH3 is 2. The summed E-state index contributed by atoms with van der Waals surface area (Å²) in [7, 11) is 2.90. The molecule has 4 rings (SSSR count). The van der Waals surface area contributed by atoms with E-state index in [1.165, 1.54) is 32.6 Å². The third-order valence-corrected chi connectivity index (χ3v) is 4.74. The topological polar surface area (TPSA) is 86.3 Å². The Labute approximate surface area is 167 Å². The molecule has 0 heterocycles. The lowest BCUT2D eigenvalue weighted by molar-refractivity contribution is -0.385. The molecule has 144 valence electrons. The molecule has 0 saturated carbocycles. The van der Waals surface area contributed by atoms with Crippen molar-refractivity contribution in [3.63, 3.8) is 0 Å². The zero-order valence-corrected chi connectivity index (χ0v) is 15.8. The summed E-state index contributed by atoms with van der Waals surface area (Å²) in [5.41, 5.74) is 5.01. The molecule has 0 atom stereocenters. The van der Waals surface area contributed by atoms with E-state index in [2.05, 4.69) is 10.2 Å². The molecule has 0 N–H and O–H groups in total. The number of benzene rings is 3. The van der Waals surface area contributed by atoms with Crippen molar-refractivity contribution in [3.05, 3.63) is 87.5 Å². The number of rotatable bonds is 5. The van der Waals surface area contributed by atoms with Crippen LogP contribution in [0.15, 0.2) is 70.9 Å². The molecule has 3 aromatic carbocycles. The van der Waals surface area contributed by atoms with E-state index >= 15 is 0 Å². The van der Waals surface area contributed by atoms with E-state index in [-0.39, 0.29) is 17.0 Å². The molecule has 1 aliphatic rings. The van der Waals surface area contributed by atoms with E-state index in [4.69, 9.17) is 9.47 Å². The molecule has 29 heavy (non-hydrogen) atoms. The summed E-state index contributed by atoms with van der Waals surface area (Å²) < 4.78 is 10.4. The Morgan fingerprint density at radius 1 is 0.862 bits per heavy atom. The molecule has 1 aliphatic carbocycles. The monoisotopic (exact) mass is 387 g/mol. The quantitative estimate of drug-likeness (QED) is 0.287. The van der Waals surface area contributed by atoms with Gasteiger partial charge in [0.2, 0.25) is 0 Å². The Morgan fingerprint density at radius 2 is 1.38 bits per heavy atom. The van der Waals surface area contributed by atoms with Crippen LogP contribution in [0.4, 0.5) is 5.69 Å². The van der Waals surface area contributed by atoms with E-state index in [0.717, 1.165) is 28.0 Å². The van der Waals surface area contributed by atoms with Crippen LogP contribution < -0.4 is 9.47 Å². The maximum Gasteiger partial charge on any atom is 0.282 e. The number of ether oxygens (including phenoxy) is 2. The Balaban J connectivity index is 1.78. The molecule has 0 bridgehead atoms. The van der Waals surface area contributed by atoms with Gasteiger partial charge in [0.05, 0.1) is 37.0 Å². The van der Waals surface area contributed by atoms with Crippen LogP contribution in [-0.4, -0.2) is 31.1 Å². The highest BCUT2D eigenvalue weighted by molar-refractivity contribution is 6.24. The highest BCUT2D eigenvalue weighted by atomic mass is 16.6. The fraction of sp³-hybridized carbons (Fsp3) is 0.0909. The van der Waals surface area contributed by atoms with Gasteiger partial charge in [0.15, 0.2) is 11.5 Å². The molecule has 0 radical (unpaired) electrons. The molecule has 3 aromatic rings. The first-order valence-electron chi connectivity index (χ1n) is 8.84. The summed E-state index contributed by atoms with van der Waals surface area (Å²) in [5, 5.41) is 20.0. The lowest BCUT2D eigenvalue weighted by atomic mass is 10.1. The van der Waals surface area contributed by atoms with Crippen LogP contribution in [0, 0.1) is 10.1 Å². The van der Waals surface area contributed by atoms with E-state index in [0.29, 0.717) is 5.75 Å². The van der Waals surface area contributed by atoms with Crippen LogP contribution in [0.3, 0.4) is 0 Å². The van der Waals surface area contributed by atoms with Gasteiger partial charge in [0, 0.05) is 11.1 Å². The standard InChI is InChI=1S/C22H17N3O4/c1-28-20-11-14(19(25(26)27)12-21(20)29-2)13-23-24-22-17-9-5-3-7-15(17)16-8-4-6-10-18(16)22/h3-13H,1-2H3/b23-13+. The van der Waals surface area contributed by atoms with Crippen LogP contribution in [0.2, 0.25) is 0 Å². The summed E-state index contributed by atoms with van der Waals surface area (Å²) >= 11 is 0. The minimum Gasteiger partial charge on any atom is -0.493 e. The zero-order valence-electron chi connectivity index (χ0n) is 15.8. The third-order valence-electron chi connectivity index (χ3n) is 4.74. The van der Waals surface area contributed by atoms with Crippen molar-refractivity contribution in [3.8, 4) is 22.6 Å². The van der Waals surface area contributed by atoms with Gasteiger partial charge in [-0.2, -0.15) is 5.10 Å². The first-order chi connectivity index (χ1) is 14.1. The largest absolute Gasteiger partial charge is 0.493 e. The van der Waals surface area contributed by atoms with Crippen LogP contribution in [0.1, 0.15) is 16.7 Å². The van der Waals surface area contributed by atoms with Crippen molar-refractivity contribution in [2.45, 2.75) is 0 Å². The second kappa shape index (κ2) is 7.55. The van der Waals surface area contributed by atoms with E-state index in [9.17, 15) is 10.1 Å². The average molecular weight is 387 g/mol. The first kappa shape index (κ1) is 18.4. The van der Waals surface area contributed by atoms with Crippen molar-refractivity contribution in [1.82, 2.24) is 0 Å². The summed E-state index contributed by atoms with van der Waals surface area (Å²) in [6.07, 6.45) is 1.36. The van der Waals surface area contributed by atoms with E-state index < -0.39 is 4.92 Å². The summed E-state index contributed by atoms with van der Waals surface area (Å²) in [5.74, 6) is 0.657. The second-order valence-corrected chi connectivity index (χ2v) is 6.31. The van der Waals surface area contributed by atoms with Crippen LogP contribution >= 0.6 is 0 Å². The van der Waals surface area contributed by atoms with Crippen LogP contribution in [0.25, 0.3) is 11.1 Å². The van der Waals surface area contributed by atoms with Crippen molar-refractivity contribution in [1.29, 1.82) is 0 Å². The Kier molecular flexibility index (Phi) is 4.78. The van der Waals surface area contributed by atoms with Gasteiger partial charge in [-0.25, -0.2) is 0 Å². The molecule has 7 heteroatoms. The van der Waals surface area contributed by atoms with Gasteiger partial charge in [-0.05, 0) is 17.2 Å². The molecule has 0 aliphatic heterocycles. The average Bonchev–Trinajstić information content (AvgIpc) is 3.07. The minimum atomic E-state index is -0.489. The molecule has 0 aromatic heterocycles. The number of nitrogens with zero attached hydrogens (tertiary/aromatic N) is 3. The maximum absolute atomic E-state index is 11.4. The first-order valence-corrected chi connectivity index (χ1v) is 8.84. The molecular formula is C22H17N3O4. The van der Waals surface area contributed by atoms with Gasteiger partial charge in [-0.3, -0.25) is 10.1 Å². The highest BCUT2D eigenvalue weighted by Crippen LogP contribution is 2.37. The van der Waals surface area contributed by atoms with Gasteiger partial charge in [-0.1, -0.05) is 48.5 Å². The summed E-state index contributed by atoms with van der Waals surface area (Å²) in [6.45, 7) is 0. The molecule has 0 spiro atoms. The van der Waals surface area contributed by atoms with Crippen LogP contribution in [0.5, 0.6) is 11.5 Å². The Morgan fingerprint density at radius 3 is 1.90 bits per heavy atom. The number of nitro benzene ring substituents is 1. The minimum absolute atomic E-state index is 0.140. The van der Waals surface area contributed by atoms with Gasteiger partial charge < -0.3 is 9.47 Å². The van der Waals surface area contributed by atoms with E-state index in [1.807, 2.05) is 48.5 Å². The molecular weight excluding hydrogens is 370 g/mol. The lowest BCUT2D eigenvalue weighted by Crippen LogP contribution is -1.99. The fourth-order valence-corrected chi connectivity index (χ4v) is 3.40. The second-order valence-electron chi connectivity index (χ2n) is 6.31. The highest BCUT2D eigenvalue weighted by Gasteiger charge is 2.24. The summed E-state index contributed by atoms with van der Waals surface area (Å²) in [4.78, 5) is 11.0. The molecule has 7 nitrogen and oxygen atoms in total. The SMILES string of the molecule is COc1cc(/C=N/N=C2c3ccccc3-c3ccccc32)c([N+](=O)[O-])cc1OC. The predicted octanol–water partition coefficient (Wildman–Crippen LogP) is 4.46. The molecule has 0 amide bonds. The normalized spacial score (nSPS) is 11.9. The number of hydrogen-bond donors (Lipinski definition) is 0. The van der Waals surface area contributed by atoms with Gasteiger partial charge >= 0.3 is 0 Å². The van der Waals surface area contributed by atoms with Crippen molar-refractivity contribution < 1.29 is 14.4 Å². The number of fused-ring (bicyclic) bond motifs is 3. The van der Waals surface area contributed by atoms with E-state index in [1.54, 1.807) is 0 Å². The van der Waals surface area contributed by atoms with Gasteiger partial charge in [0.1, 0.15) is 5.71 Å². The molecule has 0 saturated heterocycles. The van der Waals surface area contributed by atoms with Crippen molar-refractivity contribution in [2.75, 3.05) is 14.2 Å². The number of hydrogen-bond acceptors (Lipinski definition) is 6. The Hall–Kier alpha value is -4.00. The lowest BCUT2D eigenvalue weighted by Gasteiger charge is -2.08. The van der Waals surface area contributed by atoms with Gasteiger partial charge in [-0.15, -0.1) is 5.10 Å². The van der Waals surface area contributed by atoms with Gasteiger partial charge in [0.25, 0.3) is 5.69 Å². The zero-order chi connectivity index (χ0) is 20.4. The Bertz CT molecular complexity index is 1120.